The normalized spacial score (nSPS) is 19.1. The standard InChI is InChI=1S/C23H25NO3/c1-12-10-20(27-4)23-16(6-5-7-18(23)25)21(12)15-8-9-19(26)22-14(3)24-13(2)11-17(15)22/h5-10,13-14,24-26H,11H2,1-4H3/t13-,14-/m1/s1. The summed E-state index contributed by atoms with van der Waals surface area (Å²) < 4.78 is 5.54. The van der Waals surface area contributed by atoms with E-state index in [1.165, 1.54) is 5.56 Å². The lowest BCUT2D eigenvalue weighted by atomic mass is 9.82. The number of aromatic hydroxyl groups is 2. The number of phenols is 2. The van der Waals surface area contributed by atoms with Gasteiger partial charge in [0.2, 0.25) is 0 Å². The smallest absolute Gasteiger partial charge is 0.130 e. The third-order valence-electron chi connectivity index (χ3n) is 5.60. The van der Waals surface area contributed by atoms with Crippen molar-refractivity contribution in [3.8, 4) is 28.4 Å². The first-order valence-corrected chi connectivity index (χ1v) is 9.32. The van der Waals surface area contributed by atoms with Gasteiger partial charge >= 0.3 is 0 Å². The molecule has 3 aromatic rings. The lowest BCUT2D eigenvalue weighted by Gasteiger charge is -2.32. The van der Waals surface area contributed by atoms with Crippen LogP contribution in [0.15, 0.2) is 36.4 Å². The highest BCUT2D eigenvalue weighted by molar-refractivity contribution is 6.05. The summed E-state index contributed by atoms with van der Waals surface area (Å²) in [5.74, 6) is 1.21. The first-order valence-electron chi connectivity index (χ1n) is 9.32. The van der Waals surface area contributed by atoms with Crippen LogP contribution in [0.4, 0.5) is 0 Å². The van der Waals surface area contributed by atoms with Crippen LogP contribution in [0, 0.1) is 6.92 Å². The van der Waals surface area contributed by atoms with Gasteiger partial charge in [0, 0.05) is 17.6 Å². The minimum absolute atomic E-state index is 0.0851. The highest BCUT2D eigenvalue weighted by atomic mass is 16.5. The number of nitrogens with one attached hydrogen (secondary N) is 1. The maximum absolute atomic E-state index is 10.5. The van der Waals surface area contributed by atoms with Gasteiger partial charge in [0.25, 0.3) is 0 Å². The Kier molecular flexibility index (Phi) is 4.23. The van der Waals surface area contributed by atoms with Crippen LogP contribution in [0.3, 0.4) is 0 Å². The summed E-state index contributed by atoms with van der Waals surface area (Å²) in [7, 11) is 1.62. The highest BCUT2D eigenvalue weighted by Crippen LogP contribution is 2.45. The van der Waals surface area contributed by atoms with Crippen LogP contribution in [0.1, 0.15) is 36.6 Å². The molecule has 27 heavy (non-hydrogen) atoms. The van der Waals surface area contributed by atoms with E-state index in [0.717, 1.165) is 39.4 Å². The molecular weight excluding hydrogens is 338 g/mol. The average molecular weight is 363 g/mol. The Morgan fingerprint density at radius 1 is 1.07 bits per heavy atom. The molecule has 0 bridgehead atoms. The number of ether oxygens (including phenoxy) is 1. The molecule has 0 radical (unpaired) electrons. The van der Waals surface area contributed by atoms with E-state index in [0.29, 0.717) is 17.5 Å². The van der Waals surface area contributed by atoms with Crippen LogP contribution in [0.5, 0.6) is 17.2 Å². The number of fused-ring (bicyclic) bond motifs is 2. The number of hydrogen-bond acceptors (Lipinski definition) is 4. The predicted molar refractivity (Wildman–Crippen MR) is 109 cm³/mol. The van der Waals surface area contributed by atoms with E-state index in [1.54, 1.807) is 19.2 Å². The molecule has 140 valence electrons. The largest absolute Gasteiger partial charge is 0.508 e. The Morgan fingerprint density at radius 2 is 1.85 bits per heavy atom. The fraction of sp³-hybridized carbons (Fsp3) is 0.304. The van der Waals surface area contributed by atoms with Crippen molar-refractivity contribution in [2.24, 2.45) is 0 Å². The molecule has 3 N–H and O–H groups in total. The highest BCUT2D eigenvalue weighted by Gasteiger charge is 2.27. The van der Waals surface area contributed by atoms with E-state index in [9.17, 15) is 10.2 Å². The first kappa shape index (κ1) is 17.7. The molecule has 4 nitrogen and oxygen atoms in total. The van der Waals surface area contributed by atoms with Crippen LogP contribution >= 0.6 is 0 Å². The maximum Gasteiger partial charge on any atom is 0.130 e. The van der Waals surface area contributed by atoms with Crippen molar-refractivity contribution in [1.29, 1.82) is 0 Å². The second-order valence-corrected chi connectivity index (χ2v) is 7.49. The third-order valence-corrected chi connectivity index (χ3v) is 5.60. The molecule has 1 aliphatic rings. The predicted octanol–water partition coefficient (Wildman–Crippen LogP) is 4.83. The zero-order valence-corrected chi connectivity index (χ0v) is 16.1. The Bertz CT molecular complexity index is 1040. The molecule has 1 aliphatic heterocycles. The van der Waals surface area contributed by atoms with Gasteiger partial charge in [-0.2, -0.15) is 0 Å². The van der Waals surface area contributed by atoms with E-state index >= 15 is 0 Å². The van der Waals surface area contributed by atoms with Gasteiger partial charge in [-0.3, -0.25) is 0 Å². The van der Waals surface area contributed by atoms with Gasteiger partial charge in [-0.05, 0) is 73.0 Å². The van der Waals surface area contributed by atoms with Gasteiger partial charge in [0.1, 0.15) is 17.2 Å². The topological polar surface area (TPSA) is 61.7 Å². The Balaban J connectivity index is 2.10. The third kappa shape index (κ3) is 2.72. The molecule has 4 rings (SSSR count). The van der Waals surface area contributed by atoms with Crippen molar-refractivity contribution in [3.63, 3.8) is 0 Å². The van der Waals surface area contributed by atoms with Crippen molar-refractivity contribution in [3.05, 3.63) is 53.1 Å². The molecule has 0 aromatic heterocycles. The molecule has 0 aliphatic carbocycles. The van der Waals surface area contributed by atoms with Crippen LogP contribution in [0.25, 0.3) is 21.9 Å². The summed E-state index contributed by atoms with van der Waals surface area (Å²) in [6.07, 6.45) is 0.842. The van der Waals surface area contributed by atoms with Crippen LogP contribution in [-0.4, -0.2) is 23.4 Å². The van der Waals surface area contributed by atoms with Gasteiger partial charge < -0.3 is 20.3 Å². The minimum atomic E-state index is 0.0851. The fourth-order valence-electron chi connectivity index (χ4n) is 4.54. The fourth-order valence-corrected chi connectivity index (χ4v) is 4.54. The minimum Gasteiger partial charge on any atom is -0.508 e. The van der Waals surface area contributed by atoms with E-state index in [2.05, 4.69) is 26.1 Å². The maximum atomic E-state index is 10.5. The van der Waals surface area contributed by atoms with Crippen LogP contribution in [0.2, 0.25) is 0 Å². The molecule has 0 saturated carbocycles. The monoisotopic (exact) mass is 363 g/mol. The van der Waals surface area contributed by atoms with E-state index in [-0.39, 0.29) is 11.8 Å². The van der Waals surface area contributed by atoms with E-state index in [1.807, 2.05) is 24.3 Å². The van der Waals surface area contributed by atoms with Gasteiger partial charge in [0.15, 0.2) is 0 Å². The van der Waals surface area contributed by atoms with Gasteiger partial charge in [0.05, 0.1) is 12.5 Å². The molecule has 2 atom stereocenters. The van der Waals surface area contributed by atoms with Crippen molar-refractivity contribution in [1.82, 2.24) is 5.32 Å². The quantitative estimate of drug-likeness (QED) is 0.610. The summed E-state index contributed by atoms with van der Waals surface area (Å²) in [4.78, 5) is 0. The van der Waals surface area contributed by atoms with E-state index < -0.39 is 0 Å². The number of aryl methyl sites for hydroxylation is 1. The second-order valence-electron chi connectivity index (χ2n) is 7.49. The Morgan fingerprint density at radius 3 is 2.59 bits per heavy atom. The van der Waals surface area contributed by atoms with Gasteiger partial charge in [-0.25, -0.2) is 0 Å². The first-order chi connectivity index (χ1) is 12.9. The van der Waals surface area contributed by atoms with Crippen LogP contribution < -0.4 is 10.1 Å². The number of methoxy groups -OCH3 is 1. The molecule has 3 aromatic carbocycles. The van der Waals surface area contributed by atoms with Crippen molar-refractivity contribution in [2.45, 2.75) is 39.3 Å². The second kappa shape index (κ2) is 6.46. The number of rotatable bonds is 2. The van der Waals surface area contributed by atoms with Crippen molar-refractivity contribution in [2.75, 3.05) is 7.11 Å². The molecular formula is C23H25NO3. The molecule has 4 heteroatoms. The molecule has 0 amide bonds. The summed E-state index contributed by atoms with van der Waals surface area (Å²) >= 11 is 0. The summed E-state index contributed by atoms with van der Waals surface area (Å²) in [5.41, 5.74) is 5.41. The van der Waals surface area contributed by atoms with Crippen molar-refractivity contribution >= 4 is 10.8 Å². The Hall–Kier alpha value is -2.72. The SMILES string of the molecule is COc1cc(C)c(-c2ccc(O)c3c2C[C@@H](C)N[C@@H]3C)c2cccc(O)c12. The lowest BCUT2D eigenvalue weighted by Crippen LogP contribution is -2.36. The molecule has 0 unspecified atom stereocenters. The average Bonchev–Trinajstić information content (AvgIpc) is 2.61. The van der Waals surface area contributed by atoms with Crippen molar-refractivity contribution < 1.29 is 14.9 Å². The summed E-state index contributed by atoms with van der Waals surface area (Å²) in [5, 5.41) is 26.2. The zero-order chi connectivity index (χ0) is 19.3. The Labute approximate surface area is 159 Å². The van der Waals surface area contributed by atoms with E-state index in [4.69, 9.17) is 4.74 Å². The molecule has 0 saturated heterocycles. The summed E-state index contributed by atoms with van der Waals surface area (Å²) in [6.45, 7) is 6.31. The lowest BCUT2D eigenvalue weighted by molar-refractivity contribution is 0.410. The molecule has 0 fully saturated rings. The molecule has 0 spiro atoms. The molecule has 1 heterocycles. The van der Waals surface area contributed by atoms with Crippen LogP contribution in [-0.2, 0) is 6.42 Å². The van der Waals surface area contributed by atoms with Gasteiger partial charge in [-0.1, -0.05) is 18.2 Å². The summed E-state index contributed by atoms with van der Waals surface area (Å²) in [6, 6.07) is 11.7. The zero-order valence-electron chi connectivity index (χ0n) is 16.1. The number of benzene rings is 3. The number of phenolic OH excluding ortho intramolecular Hbond substituents is 2. The van der Waals surface area contributed by atoms with Gasteiger partial charge in [-0.15, -0.1) is 0 Å². The number of hydrogen-bond donors (Lipinski definition) is 3.